The van der Waals surface area contributed by atoms with Crippen LogP contribution in [-0.4, -0.2) is 79.0 Å². The van der Waals surface area contributed by atoms with Gasteiger partial charge in [-0.05, 0) is 12.5 Å². The quantitative estimate of drug-likeness (QED) is 0.666. The van der Waals surface area contributed by atoms with Crippen molar-refractivity contribution in [1.82, 2.24) is 19.2 Å². The van der Waals surface area contributed by atoms with Gasteiger partial charge in [0.15, 0.2) is 0 Å². The van der Waals surface area contributed by atoms with E-state index in [0.29, 0.717) is 38.7 Å². The van der Waals surface area contributed by atoms with Crippen LogP contribution < -0.4 is 4.90 Å². The molecular formula is C16H27N5O3S. The normalized spacial score (nSPS) is 15.6. The molecule has 1 aliphatic heterocycles. The standard InChI is InChI=1S/C16H27N5O3S/c1-3-4-9-21(25(2,23)24)10-6-15(22)19-11-13-20(14-12-19)16-17-7-5-8-18-16/h5,7-8H,3-4,6,9-14H2,1-2H3. The molecule has 1 aromatic heterocycles. The van der Waals surface area contributed by atoms with Gasteiger partial charge in [-0.2, -0.15) is 0 Å². The minimum absolute atomic E-state index is 0.00113. The van der Waals surface area contributed by atoms with E-state index in [1.165, 1.54) is 10.6 Å². The summed E-state index contributed by atoms with van der Waals surface area (Å²) in [6.07, 6.45) is 6.55. The Morgan fingerprint density at radius 1 is 1.16 bits per heavy atom. The van der Waals surface area contributed by atoms with E-state index in [0.717, 1.165) is 12.8 Å². The molecule has 1 aromatic rings. The largest absolute Gasteiger partial charge is 0.339 e. The Hall–Kier alpha value is -1.74. The number of carbonyl (C=O) groups is 1. The van der Waals surface area contributed by atoms with Gasteiger partial charge in [0, 0.05) is 58.1 Å². The van der Waals surface area contributed by atoms with E-state index in [4.69, 9.17) is 0 Å². The molecule has 1 fully saturated rings. The number of aromatic nitrogens is 2. The Kier molecular flexibility index (Phi) is 7.12. The molecular weight excluding hydrogens is 342 g/mol. The van der Waals surface area contributed by atoms with Gasteiger partial charge in [0.05, 0.1) is 6.26 Å². The number of anilines is 1. The summed E-state index contributed by atoms with van der Waals surface area (Å²) in [4.78, 5) is 24.7. The van der Waals surface area contributed by atoms with Gasteiger partial charge in [-0.1, -0.05) is 13.3 Å². The van der Waals surface area contributed by atoms with Gasteiger partial charge >= 0.3 is 0 Å². The van der Waals surface area contributed by atoms with Crippen LogP contribution in [0.25, 0.3) is 0 Å². The second-order valence-electron chi connectivity index (χ2n) is 6.18. The van der Waals surface area contributed by atoms with Crippen LogP contribution in [0.15, 0.2) is 18.5 Å². The van der Waals surface area contributed by atoms with E-state index < -0.39 is 10.0 Å². The number of amides is 1. The molecule has 0 saturated carbocycles. The summed E-state index contributed by atoms with van der Waals surface area (Å²) in [6, 6.07) is 1.77. The molecule has 0 radical (unpaired) electrons. The first kappa shape index (κ1) is 19.6. The predicted octanol–water partition coefficient (Wildman–Crippen LogP) is 0.577. The highest BCUT2D eigenvalue weighted by atomic mass is 32.2. The number of carbonyl (C=O) groups excluding carboxylic acids is 1. The lowest BCUT2D eigenvalue weighted by molar-refractivity contribution is -0.131. The zero-order valence-electron chi connectivity index (χ0n) is 15.0. The predicted molar refractivity (Wildman–Crippen MR) is 96.8 cm³/mol. The maximum absolute atomic E-state index is 12.4. The first-order chi connectivity index (χ1) is 11.9. The van der Waals surface area contributed by atoms with Crippen LogP contribution in [-0.2, 0) is 14.8 Å². The van der Waals surface area contributed by atoms with Crippen LogP contribution in [0.2, 0.25) is 0 Å². The van der Waals surface area contributed by atoms with Gasteiger partial charge in [-0.15, -0.1) is 0 Å². The highest BCUT2D eigenvalue weighted by Crippen LogP contribution is 2.11. The maximum Gasteiger partial charge on any atom is 0.225 e. The minimum atomic E-state index is -3.27. The maximum atomic E-state index is 12.4. The van der Waals surface area contributed by atoms with Crippen molar-refractivity contribution in [3.8, 4) is 0 Å². The van der Waals surface area contributed by atoms with Crippen LogP contribution in [0.3, 0.4) is 0 Å². The molecule has 8 nitrogen and oxygen atoms in total. The molecule has 1 aliphatic rings. The molecule has 1 saturated heterocycles. The highest BCUT2D eigenvalue weighted by molar-refractivity contribution is 7.88. The molecule has 0 bridgehead atoms. The van der Waals surface area contributed by atoms with Crippen LogP contribution in [0.5, 0.6) is 0 Å². The van der Waals surface area contributed by atoms with Crippen LogP contribution >= 0.6 is 0 Å². The lowest BCUT2D eigenvalue weighted by atomic mass is 10.2. The van der Waals surface area contributed by atoms with E-state index in [1.807, 2.05) is 11.8 Å². The number of rotatable bonds is 8. The molecule has 1 amide bonds. The van der Waals surface area contributed by atoms with Crippen molar-refractivity contribution in [1.29, 1.82) is 0 Å². The Balaban J connectivity index is 1.82. The molecule has 0 N–H and O–H groups in total. The average Bonchev–Trinajstić information content (AvgIpc) is 2.61. The van der Waals surface area contributed by atoms with Crippen molar-refractivity contribution in [3.05, 3.63) is 18.5 Å². The molecule has 0 aromatic carbocycles. The van der Waals surface area contributed by atoms with Crippen molar-refractivity contribution in [2.75, 3.05) is 50.4 Å². The summed E-state index contributed by atoms with van der Waals surface area (Å²) in [5, 5.41) is 0. The monoisotopic (exact) mass is 369 g/mol. The molecule has 0 unspecified atom stereocenters. The zero-order chi connectivity index (χ0) is 18.3. The summed E-state index contributed by atoms with van der Waals surface area (Å²) in [5.41, 5.74) is 0. The number of hydrogen-bond acceptors (Lipinski definition) is 6. The fourth-order valence-electron chi connectivity index (χ4n) is 2.77. The molecule has 0 aliphatic carbocycles. The SMILES string of the molecule is CCCCN(CCC(=O)N1CCN(c2ncccn2)CC1)S(C)(=O)=O. The second kappa shape index (κ2) is 9.10. The number of piperazine rings is 1. The Labute approximate surface area is 149 Å². The van der Waals surface area contributed by atoms with Crippen LogP contribution in [0, 0.1) is 0 Å². The van der Waals surface area contributed by atoms with Gasteiger partial charge in [-0.3, -0.25) is 4.79 Å². The molecule has 9 heteroatoms. The van der Waals surface area contributed by atoms with Crippen LogP contribution in [0.4, 0.5) is 5.95 Å². The summed E-state index contributed by atoms with van der Waals surface area (Å²) in [5.74, 6) is 0.677. The van der Waals surface area contributed by atoms with Gasteiger partial charge in [0.1, 0.15) is 0 Å². The number of nitrogens with zero attached hydrogens (tertiary/aromatic N) is 5. The van der Waals surface area contributed by atoms with Gasteiger partial charge in [0.25, 0.3) is 0 Å². The van der Waals surface area contributed by atoms with Crippen molar-refractivity contribution in [2.24, 2.45) is 0 Å². The second-order valence-corrected chi connectivity index (χ2v) is 8.16. The lowest BCUT2D eigenvalue weighted by Gasteiger charge is -2.35. The van der Waals surface area contributed by atoms with E-state index in [9.17, 15) is 13.2 Å². The topological polar surface area (TPSA) is 86.7 Å². The van der Waals surface area contributed by atoms with E-state index in [1.54, 1.807) is 23.4 Å². The molecule has 0 spiro atoms. The average molecular weight is 369 g/mol. The van der Waals surface area contributed by atoms with Crippen molar-refractivity contribution in [2.45, 2.75) is 26.2 Å². The van der Waals surface area contributed by atoms with E-state index in [2.05, 4.69) is 9.97 Å². The summed E-state index contributed by atoms with van der Waals surface area (Å²) >= 11 is 0. The van der Waals surface area contributed by atoms with Crippen molar-refractivity contribution in [3.63, 3.8) is 0 Å². The molecule has 0 atom stereocenters. The fraction of sp³-hybridized carbons (Fsp3) is 0.688. The highest BCUT2D eigenvalue weighted by Gasteiger charge is 2.24. The molecule has 140 valence electrons. The van der Waals surface area contributed by atoms with Crippen molar-refractivity contribution >= 4 is 21.9 Å². The van der Waals surface area contributed by atoms with Gasteiger partial charge in [-0.25, -0.2) is 22.7 Å². The lowest BCUT2D eigenvalue weighted by Crippen LogP contribution is -2.49. The number of unbranched alkanes of at least 4 members (excludes halogenated alkanes) is 1. The summed E-state index contributed by atoms with van der Waals surface area (Å²) in [6.45, 7) is 5.31. The van der Waals surface area contributed by atoms with E-state index in [-0.39, 0.29) is 18.9 Å². The minimum Gasteiger partial charge on any atom is -0.339 e. The Morgan fingerprint density at radius 3 is 2.36 bits per heavy atom. The Morgan fingerprint density at radius 2 is 1.80 bits per heavy atom. The molecule has 2 rings (SSSR count). The fourth-order valence-corrected chi connectivity index (χ4v) is 3.65. The first-order valence-electron chi connectivity index (χ1n) is 8.66. The molecule has 25 heavy (non-hydrogen) atoms. The van der Waals surface area contributed by atoms with Crippen LogP contribution in [0.1, 0.15) is 26.2 Å². The summed E-state index contributed by atoms with van der Waals surface area (Å²) in [7, 11) is -3.27. The molecule has 2 heterocycles. The van der Waals surface area contributed by atoms with Crippen molar-refractivity contribution < 1.29 is 13.2 Å². The van der Waals surface area contributed by atoms with Gasteiger partial charge < -0.3 is 9.80 Å². The number of hydrogen-bond donors (Lipinski definition) is 0. The third-order valence-electron chi connectivity index (χ3n) is 4.27. The third kappa shape index (κ3) is 5.93. The Bertz CT molecular complexity index is 645. The smallest absolute Gasteiger partial charge is 0.225 e. The number of sulfonamides is 1. The summed E-state index contributed by atoms with van der Waals surface area (Å²) < 4.78 is 25.0. The van der Waals surface area contributed by atoms with Gasteiger partial charge in [0.2, 0.25) is 21.9 Å². The third-order valence-corrected chi connectivity index (χ3v) is 5.58. The first-order valence-corrected chi connectivity index (χ1v) is 10.5. The van der Waals surface area contributed by atoms with E-state index >= 15 is 0 Å². The zero-order valence-corrected chi connectivity index (χ0v) is 15.8.